The normalized spacial score (nSPS) is 41.1. The first-order chi connectivity index (χ1) is 8.18. The molecule has 0 amide bonds. The van der Waals surface area contributed by atoms with Gasteiger partial charge in [0.1, 0.15) is 11.9 Å². The molecule has 0 aromatic carbocycles. The number of rotatable bonds is 1. The van der Waals surface area contributed by atoms with Crippen molar-refractivity contribution in [3.8, 4) is 0 Å². The van der Waals surface area contributed by atoms with E-state index in [9.17, 15) is 0 Å². The molecule has 17 heavy (non-hydrogen) atoms. The topological polar surface area (TPSA) is 22.4 Å². The Balaban J connectivity index is 1.97. The van der Waals surface area contributed by atoms with Crippen molar-refractivity contribution in [2.24, 2.45) is 23.7 Å². The maximum Gasteiger partial charge on any atom is 0.133 e. The molecule has 1 fully saturated rings. The van der Waals surface area contributed by atoms with Crippen LogP contribution >= 0.6 is 0 Å². The van der Waals surface area contributed by atoms with Crippen LogP contribution in [-0.4, -0.2) is 6.61 Å². The summed E-state index contributed by atoms with van der Waals surface area (Å²) in [5, 5.41) is 0. The molecule has 2 nitrogen and oxygen atoms in total. The second kappa shape index (κ2) is 4.02. The van der Waals surface area contributed by atoms with Crippen LogP contribution in [0.5, 0.6) is 0 Å². The second-order valence-corrected chi connectivity index (χ2v) is 5.59. The van der Waals surface area contributed by atoms with Crippen molar-refractivity contribution < 1.29 is 9.15 Å². The van der Waals surface area contributed by atoms with E-state index in [1.165, 1.54) is 5.57 Å². The molecule has 2 bridgehead atoms. The minimum absolute atomic E-state index is 0.111. The van der Waals surface area contributed by atoms with Crippen LogP contribution in [0.25, 0.3) is 0 Å². The third-order valence-electron chi connectivity index (χ3n) is 4.59. The van der Waals surface area contributed by atoms with Gasteiger partial charge in [0.15, 0.2) is 0 Å². The molecule has 0 spiro atoms. The molecule has 3 rings (SSSR count). The number of ether oxygens (including phenoxy) is 1. The molecule has 2 heteroatoms. The predicted octanol–water partition coefficient (Wildman–Crippen LogP) is 3.82. The Hall–Kier alpha value is -1.02. The molecular weight excluding hydrogens is 212 g/mol. The van der Waals surface area contributed by atoms with Crippen molar-refractivity contribution >= 4 is 0 Å². The van der Waals surface area contributed by atoms with E-state index in [1.807, 2.05) is 12.1 Å². The minimum atomic E-state index is 0.111. The molecule has 1 aliphatic heterocycles. The van der Waals surface area contributed by atoms with Crippen LogP contribution in [-0.2, 0) is 4.74 Å². The number of fused-ring (bicyclic) bond motifs is 2. The fourth-order valence-electron chi connectivity index (χ4n) is 3.66. The van der Waals surface area contributed by atoms with E-state index in [4.69, 9.17) is 9.15 Å². The molecule has 2 aliphatic rings. The van der Waals surface area contributed by atoms with Crippen molar-refractivity contribution in [1.82, 2.24) is 0 Å². The number of hydrogen-bond donors (Lipinski definition) is 0. The molecule has 1 aliphatic carbocycles. The molecule has 1 saturated heterocycles. The lowest BCUT2D eigenvalue weighted by molar-refractivity contribution is -0.101. The van der Waals surface area contributed by atoms with Crippen molar-refractivity contribution in [2.75, 3.05) is 6.61 Å². The van der Waals surface area contributed by atoms with Crippen LogP contribution in [0, 0.1) is 23.7 Å². The molecule has 92 valence electrons. The average Bonchev–Trinajstić information content (AvgIpc) is 2.78. The maximum absolute atomic E-state index is 6.07. The van der Waals surface area contributed by atoms with Gasteiger partial charge >= 0.3 is 0 Å². The van der Waals surface area contributed by atoms with Gasteiger partial charge in [0.25, 0.3) is 0 Å². The van der Waals surface area contributed by atoms with E-state index in [1.54, 1.807) is 6.26 Å². The second-order valence-electron chi connectivity index (χ2n) is 5.59. The van der Waals surface area contributed by atoms with Crippen LogP contribution in [0.4, 0.5) is 0 Å². The monoisotopic (exact) mass is 232 g/mol. The highest BCUT2D eigenvalue weighted by molar-refractivity contribution is 5.20. The Bertz CT molecular complexity index is 418. The third-order valence-corrected chi connectivity index (χ3v) is 4.59. The summed E-state index contributed by atoms with van der Waals surface area (Å²) in [6, 6.07) is 3.98. The summed E-state index contributed by atoms with van der Waals surface area (Å²) >= 11 is 0. The van der Waals surface area contributed by atoms with Crippen molar-refractivity contribution in [2.45, 2.75) is 26.9 Å². The van der Waals surface area contributed by atoms with Gasteiger partial charge in [-0.2, -0.15) is 0 Å². The van der Waals surface area contributed by atoms with E-state index in [0.29, 0.717) is 23.7 Å². The highest BCUT2D eigenvalue weighted by Crippen LogP contribution is 2.49. The lowest BCUT2D eigenvalue weighted by Crippen LogP contribution is -2.42. The highest BCUT2D eigenvalue weighted by atomic mass is 16.5. The molecule has 3 unspecified atom stereocenters. The quantitative estimate of drug-likeness (QED) is 0.687. The Morgan fingerprint density at radius 2 is 2.12 bits per heavy atom. The summed E-state index contributed by atoms with van der Waals surface area (Å²) in [7, 11) is 0. The summed E-state index contributed by atoms with van der Waals surface area (Å²) in [5.74, 6) is 3.44. The fourth-order valence-corrected chi connectivity index (χ4v) is 3.66. The van der Waals surface area contributed by atoms with E-state index in [-0.39, 0.29) is 6.10 Å². The largest absolute Gasteiger partial charge is 0.467 e. The van der Waals surface area contributed by atoms with Crippen molar-refractivity contribution in [3.63, 3.8) is 0 Å². The van der Waals surface area contributed by atoms with E-state index >= 15 is 0 Å². The standard InChI is InChI=1S/C15H20O2/c1-9-7-10(2)14-11(3)12(9)8-17-15(14)13-5-4-6-16-13/h4-7,9,11-12,14-15H,8H2,1-3H3/t9?,11?,12-,14+,15?/m1/s1. The number of allylic oxidation sites excluding steroid dienone is 1. The fraction of sp³-hybridized carbons (Fsp3) is 0.600. The summed E-state index contributed by atoms with van der Waals surface area (Å²) in [4.78, 5) is 0. The van der Waals surface area contributed by atoms with Gasteiger partial charge in [-0.05, 0) is 36.8 Å². The predicted molar refractivity (Wildman–Crippen MR) is 66.5 cm³/mol. The lowest BCUT2D eigenvalue weighted by Gasteiger charge is -2.46. The molecule has 0 radical (unpaired) electrons. The van der Waals surface area contributed by atoms with Crippen LogP contribution in [0.2, 0.25) is 0 Å². The van der Waals surface area contributed by atoms with Crippen LogP contribution < -0.4 is 0 Å². The van der Waals surface area contributed by atoms with Crippen LogP contribution in [0.15, 0.2) is 34.5 Å². The van der Waals surface area contributed by atoms with Crippen molar-refractivity contribution in [1.29, 1.82) is 0 Å². The van der Waals surface area contributed by atoms with Gasteiger partial charge in [-0.3, -0.25) is 0 Å². The molecule has 5 atom stereocenters. The van der Waals surface area contributed by atoms with Gasteiger partial charge in [0.05, 0.1) is 12.9 Å². The van der Waals surface area contributed by atoms with Gasteiger partial charge in [-0.15, -0.1) is 0 Å². The zero-order valence-corrected chi connectivity index (χ0v) is 10.7. The molecule has 1 aromatic rings. The van der Waals surface area contributed by atoms with Crippen LogP contribution in [0.1, 0.15) is 32.6 Å². The summed E-state index contributed by atoms with van der Waals surface area (Å²) in [6.07, 6.45) is 4.27. The van der Waals surface area contributed by atoms with Gasteiger partial charge in [-0.25, -0.2) is 0 Å². The first kappa shape index (κ1) is 11.1. The van der Waals surface area contributed by atoms with Gasteiger partial charge in [0.2, 0.25) is 0 Å². The smallest absolute Gasteiger partial charge is 0.133 e. The summed E-state index contributed by atoms with van der Waals surface area (Å²) < 4.78 is 11.6. The third kappa shape index (κ3) is 1.66. The molecule has 0 N–H and O–H groups in total. The highest BCUT2D eigenvalue weighted by Gasteiger charge is 2.44. The molecule has 2 heterocycles. The minimum Gasteiger partial charge on any atom is -0.467 e. The average molecular weight is 232 g/mol. The van der Waals surface area contributed by atoms with E-state index < -0.39 is 0 Å². The SMILES string of the molecule is CC1=CC(C)[C@H]2COC(c3ccco3)[C@@H]1C2C. The molecular formula is C15H20O2. The van der Waals surface area contributed by atoms with E-state index in [0.717, 1.165) is 12.4 Å². The Morgan fingerprint density at radius 3 is 2.82 bits per heavy atom. The lowest BCUT2D eigenvalue weighted by atomic mass is 9.65. The van der Waals surface area contributed by atoms with Crippen molar-refractivity contribution in [3.05, 3.63) is 35.8 Å². The zero-order valence-electron chi connectivity index (χ0n) is 10.7. The molecule has 1 aromatic heterocycles. The summed E-state index contributed by atoms with van der Waals surface area (Å²) in [5.41, 5.74) is 1.46. The zero-order chi connectivity index (χ0) is 12.0. The van der Waals surface area contributed by atoms with Gasteiger partial charge in [-0.1, -0.05) is 25.5 Å². The van der Waals surface area contributed by atoms with Gasteiger partial charge in [0, 0.05) is 5.92 Å². The number of furan rings is 1. The number of hydrogen-bond acceptors (Lipinski definition) is 2. The Labute approximate surface area is 103 Å². The van der Waals surface area contributed by atoms with Gasteiger partial charge < -0.3 is 9.15 Å². The first-order valence-electron chi connectivity index (χ1n) is 6.52. The first-order valence-corrected chi connectivity index (χ1v) is 6.52. The van der Waals surface area contributed by atoms with Crippen LogP contribution in [0.3, 0.4) is 0 Å². The molecule has 0 saturated carbocycles. The Morgan fingerprint density at radius 1 is 1.29 bits per heavy atom. The van der Waals surface area contributed by atoms with E-state index in [2.05, 4.69) is 26.8 Å². The maximum atomic E-state index is 6.07. The Kier molecular flexibility index (Phi) is 2.62. The summed E-state index contributed by atoms with van der Waals surface area (Å²) in [6.45, 7) is 7.75.